The molecule has 1 heterocycles. The van der Waals surface area contributed by atoms with Gasteiger partial charge in [0.25, 0.3) is 0 Å². The molecule has 3 rings (SSSR count). The molecular formula is C20H20ClNO3S. The Morgan fingerprint density at radius 3 is 2.04 bits per heavy atom. The number of halogens is 1. The second-order valence-corrected chi connectivity index (χ2v) is 8.74. The third kappa shape index (κ3) is 3.69. The minimum absolute atomic E-state index is 0.0321. The number of rotatable bonds is 4. The van der Waals surface area contributed by atoms with E-state index in [9.17, 15) is 13.2 Å². The molecule has 1 aliphatic heterocycles. The zero-order chi connectivity index (χ0) is 18.9. The molecule has 0 atom stereocenters. The molecule has 1 saturated heterocycles. The first-order valence-electron chi connectivity index (χ1n) is 8.40. The molecule has 1 aliphatic rings. The number of likely N-dealkylation sites (N-methyl/N-ethyl adjacent to an activating group) is 1. The van der Waals surface area contributed by atoms with E-state index in [1.807, 2.05) is 24.0 Å². The van der Waals surface area contributed by atoms with Gasteiger partial charge < -0.3 is 4.90 Å². The Bertz CT molecular complexity index is 961. The molecule has 0 saturated carbocycles. The van der Waals surface area contributed by atoms with Crippen molar-refractivity contribution in [2.45, 2.75) is 18.2 Å². The summed E-state index contributed by atoms with van der Waals surface area (Å²) in [6, 6.07) is 14.0. The monoisotopic (exact) mass is 389 g/mol. The number of sulfone groups is 1. The van der Waals surface area contributed by atoms with Gasteiger partial charge in [-0.2, -0.15) is 0 Å². The highest BCUT2D eigenvalue weighted by Gasteiger charge is 2.28. The predicted molar refractivity (Wildman–Crippen MR) is 104 cm³/mol. The van der Waals surface area contributed by atoms with Crippen molar-refractivity contribution in [3.05, 3.63) is 70.3 Å². The number of benzene rings is 2. The van der Waals surface area contributed by atoms with Crippen LogP contribution < -0.4 is 0 Å². The van der Waals surface area contributed by atoms with Gasteiger partial charge in [0.15, 0.2) is 9.84 Å². The fraction of sp³-hybridized carbons (Fsp3) is 0.250. The van der Waals surface area contributed by atoms with E-state index < -0.39 is 9.84 Å². The first-order valence-corrected chi connectivity index (χ1v) is 10.7. The average molecular weight is 390 g/mol. The lowest BCUT2D eigenvalue weighted by atomic mass is 9.92. The lowest BCUT2D eigenvalue weighted by Gasteiger charge is -2.15. The SMILES string of the molecule is CCN1CC/C(=C(/c2ccc(Cl)cc2)c2ccc(S(C)(=O)=O)cc2)C1=O. The standard InChI is InChI=1S/C20H20ClNO3S/c1-3-22-13-12-18(20(22)23)19(14-4-8-16(21)9-5-14)15-6-10-17(11-7-15)26(2,24)25/h4-11H,3,12-13H2,1-2H3/b19-18+. The quantitative estimate of drug-likeness (QED) is 0.747. The van der Waals surface area contributed by atoms with Crippen molar-refractivity contribution in [2.24, 2.45) is 0 Å². The Morgan fingerprint density at radius 2 is 1.58 bits per heavy atom. The summed E-state index contributed by atoms with van der Waals surface area (Å²) < 4.78 is 23.4. The zero-order valence-corrected chi connectivity index (χ0v) is 16.3. The number of carbonyl (C=O) groups excluding carboxylic acids is 1. The first-order chi connectivity index (χ1) is 12.3. The lowest BCUT2D eigenvalue weighted by Crippen LogP contribution is -2.24. The van der Waals surface area contributed by atoms with E-state index in [0.29, 0.717) is 24.5 Å². The smallest absolute Gasteiger partial charge is 0.250 e. The molecular weight excluding hydrogens is 370 g/mol. The van der Waals surface area contributed by atoms with Crippen LogP contribution in [-0.4, -0.2) is 38.6 Å². The maximum absolute atomic E-state index is 12.8. The van der Waals surface area contributed by atoms with Crippen molar-refractivity contribution in [2.75, 3.05) is 19.3 Å². The van der Waals surface area contributed by atoms with Crippen molar-refractivity contribution in [3.63, 3.8) is 0 Å². The number of nitrogens with zero attached hydrogens (tertiary/aromatic N) is 1. The highest BCUT2D eigenvalue weighted by molar-refractivity contribution is 7.90. The van der Waals surface area contributed by atoms with Crippen LogP contribution >= 0.6 is 11.6 Å². The van der Waals surface area contributed by atoms with Crippen molar-refractivity contribution in [1.29, 1.82) is 0 Å². The summed E-state index contributed by atoms with van der Waals surface area (Å²) in [5, 5.41) is 0.624. The minimum atomic E-state index is -3.27. The van der Waals surface area contributed by atoms with Crippen molar-refractivity contribution < 1.29 is 13.2 Å². The Kier molecular flexibility index (Phi) is 5.21. The predicted octanol–water partition coefficient (Wildman–Crippen LogP) is 3.80. The van der Waals surface area contributed by atoms with Crippen LogP contribution in [0.15, 0.2) is 59.0 Å². The van der Waals surface area contributed by atoms with Crippen LogP contribution in [0.5, 0.6) is 0 Å². The molecule has 0 spiro atoms. The molecule has 0 aliphatic carbocycles. The second-order valence-electron chi connectivity index (χ2n) is 6.29. The van der Waals surface area contributed by atoms with E-state index in [2.05, 4.69) is 0 Å². The molecule has 0 N–H and O–H groups in total. The molecule has 2 aromatic rings. The van der Waals surface area contributed by atoms with E-state index in [4.69, 9.17) is 11.6 Å². The highest BCUT2D eigenvalue weighted by Crippen LogP contribution is 2.33. The van der Waals surface area contributed by atoms with E-state index >= 15 is 0 Å². The summed E-state index contributed by atoms with van der Waals surface area (Å²) in [5.74, 6) is 0.0321. The van der Waals surface area contributed by atoms with Gasteiger partial charge in [0.2, 0.25) is 5.91 Å². The van der Waals surface area contributed by atoms with Crippen molar-refractivity contribution in [1.82, 2.24) is 4.90 Å². The maximum atomic E-state index is 12.8. The molecule has 1 amide bonds. The molecule has 0 aromatic heterocycles. The summed E-state index contributed by atoms with van der Waals surface area (Å²) in [4.78, 5) is 14.8. The summed E-state index contributed by atoms with van der Waals surface area (Å²) in [6.07, 6.45) is 1.85. The molecule has 0 unspecified atom stereocenters. The average Bonchev–Trinajstić information content (AvgIpc) is 2.97. The normalized spacial score (nSPS) is 16.9. The van der Waals surface area contributed by atoms with Gasteiger partial charge in [-0.05, 0) is 54.3 Å². The van der Waals surface area contributed by atoms with Gasteiger partial charge >= 0.3 is 0 Å². The number of carbonyl (C=O) groups is 1. The molecule has 136 valence electrons. The first kappa shape index (κ1) is 18.7. The third-order valence-electron chi connectivity index (χ3n) is 4.56. The number of hydrogen-bond donors (Lipinski definition) is 0. The van der Waals surface area contributed by atoms with Gasteiger partial charge in [-0.15, -0.1) is 0 Å². The van der Waals surface area contributed by atoms with Crippen LogP contribution in [0.25, 0.3) is 5.57 Å². The van der Waals surface area contributed by atoms with Crippen molar-refractivity contribution >= 4 is 32.9 Å². The fourth-order valence-electron chi connectivity index (χ4n) is 3.18. The Balaban J connectivity index is 2.16. The van der Waals surface area contributed by atoms with Crippen LogP contribution in [0.1, 0.15) is 24.5 Å². The maximum Gasteiger partial charge on any atom is 0.250 e. The third-order valence-corrected chi connectivity index (χ3v) is 5.95. The number of hydrogen-bond acceptors (Lipinski definition) is 3. The summed E-state index contributed by atoms with van der Waals surface area (Å²) in [6.45, 7) is 3.33. The molecule has 6 heteroatoms. The molecule has 4 nitrogen and oxygen atoms in total. The van der Waals surface area contributed by atoms with E-state index in [1.165, 1.54) is 6.26 Å². The van der Waals surface area contributed by atoms with E-state index in [0.717, 1.165) is 22.3 Å². The fourth-order valence-corrected chi connectivity index (χ4v) is 3.94. The van der Waals surface area contributed by atoms with Crippen LogP contribution in [0.4, 0.5) is 0 Å². The molecule has 1 fully saturated rings. The molecule has 2 aromatic carbocycles. The van der Waals surface area contributed by atoms with Gasteiger partial charge in [0.1, 0.15) is 0 Å². The summed E-state index contributed by atoms with van der Waals surface area (Å²) >= 11 is 6.01. The van der Waals surface area contributed by atoms with Gasteiger partial charge in [0, 0.05) is 29.9 Å². The van der Waals surface area contributed by atoms with E-state index in [1.54, 1.807) is 36.4 Å². The molecule has 26 heavy (non-hydrogen) atoms. The van der Waals surface area contributed by atoms with Gasteiger partial charge in [-0.1, -0.05) is 35.9 Å². The van der Waals surface area contributed by atoms with Crippen LogP contribution in [0, 0.1) is 0 Å². The molecule has 0 bridgehead atoms. The largest absolute Gasteiger partial charge is 0.339 e. The Morgan fingerprint density at radius 1 is 1.04 bits per heavy atom. The van der Waals surface area contributed by atoms with Crippen LogP contribution in [-0.2, 0) is 14.6 Å². The lowest BCUT2D eigenvalue weighted by molar-refractivity contribution is -0.124. The van der Waals surface area contributed by atoms with Gasteiger partial charge in [-0.25, -0.2) is 8.42 Å². The summed E-state index contributed by atoms with van der Waals surface area (Å²) in [5.41, 5.74) is 3.30. The Labute approximate surface area is 159 Å². The summed E-state index contributed by atoms with van der Waals surface area (Å²) in [7, 11) is -3.27. The Hall–Kier alpha value is -2.11. The van der Waals surface area contributed by atoms with Crippen LogP contribution in [0.2, 0.25) is 5.02 Å². The zero-order valence-electron chi connectivity index (χ0n) is 14.7. The number of likely N-dealkylation sites (tertiary alicyclic amines) is 1. The van der Waals surface area contributed by atoms with E-state index in [-0.39, 0.29) is 10.8 Å². The van der Waals surface area contributed by atoms with Gasteiger partial charge in [-0.3, -0.25) is 4.79 Å². The van der Waals surface area contributed by atoms with Crippen molar-refractivity contribution in [3.8, 4) is 0 Å². The molecule has 0 radical (unpaired) electrons. The van der Waals surface area contributed by atoms with Crippen LogP contribution in [0.3, 0.4) is 0 Å². The highest BCUT2D eigenvalue weighted by atomic mass is 35.5. The minimum Gasteiger partial charge on any atom is -0.339 e. The topological polar surface area (TPSA) is 54.5 Å². The van der Waals surface area contributed by atoms with Gasteiger partial charge in [0.05, 0.1) is 4.90 Å². The second kappa shape index (κ2) is 7.25. The number of amides is 1.